The number of carbonyl (C=O) groups is 1. The second-order valence-corrected chi connectivity index (χ2v) is 4.61. The number of benzene rings is 1. The lowest BCUT2D eigenvalue weighted by atomic mass is 10.1. The van der Waals surface area contributed by atoms with Crippen LogP contribution in [0, 0.1) is 0 Å². The molecule has 2 aromatic rings. The van der Waals surface area contributed by atoms with Crippen LogP contribution in [0.1, 0.15) is 0 Å². The maximum Gasteiger partial charge on any atom is 0.165 e. The van der Waals surface area contributed by atoms with Crippen molar-refractivity contribution in [3.63, 3.8) is 0 Å². The molecule has 6 nitrogen and oxygen atoms in total. The largest absolute Gasteiger partial charge is 0.530 e. The molecule has 2 rings (SSSR count). The molecule has 0 bridgehead atoms. The summed E-state index contributed by atoms with van der Waals surface area (Å²) in [6.07, 6.45) is -1.40. The molecular formula is C13H12ClN4O2-. The third kappa shape index (κ3) is 3.16. The summed E-state index contributed by atoms with van der Waals surface area (Å²) < 4.78 is 0. The highest BCUT2D eigenvalue weighted by atomic mass is 35.5. The second kappa shape index (κ2) is 5.75. The predicted octanol–water partition coefficient (Wildman–Crippen LogP) is 1.62. The van der Waals surface area contributed by atoms with Crippen molar-refractivity contribution in [2.75, 3.05) is 24.3 Å². The fourth-order valence-corrected chi connectivity index (χ4v) is 1.83. The number of rotatable bonds is 3. The zero-order chi connectivity index (χ0) is 14.7. The number of carboxylic acid groups (broad SMARTS) is 1. The molecule has 7 heteroatoms. The summed E-state index contributed by atoms with van der Waals surface area (Å²) in [6.45, 7) is 0. The van der Waals surface area contributed by atoms with Crippen LogP contribution < -0.4 is 15.3 Å². The highest BCUT2D eigenvalue weighted by molar-refractivity contribution is 6.29. The Bertz CT molecular complexity index is 646. The molecule has 20 heavy (non-hydrogen) atoms. The van der Waals surface area contributed by atoms with Crippen LogP contribution in [0.25, 0.3) is 11.4 Å². The topological polar surface area (TPSA) is 81.2 Å². The Morgan fingerprint density at radius 1 is 1.30 bits per heavy atom. The number of halogens is 1. The van der Waals surface area contributed by atoms with Gasteiger partial charge >= 0.3 is 0 Å². The minimum atomic E-state index is -1.40. The summed E-state index contributed by atoms with van der Waals surface area (Å²) >= 11 is 5.98. The van der Waals surface area contributed by atoms with Gasteiger partial charge in [0.1, 0.15) is 17.1 Å². The van der Waals surface area contributed by atoms with Gasteiger partial charge in [-0.1, -0.05) is 23.7 Å². The van der Waals surface area contributed by atoms with Gasteiger partial charge in [0.15, 0.2) is 5.82 Å². The Labute approximate surface area is 121 Å². The summed E-state index contributed by atoms with van der Waals surface area (Å²) in [5.74, 6) is 0.966. The smallest absolute Gasteiger partial charge is 0.165 e. The molecule has 0 atom stereocenters. The van der Waals surface area contributed by atoms with Gasteiger partial charge in [-0.3, -0.25) is 0 Å². The number of aromatic nitrogens is 2. The standard InChI is InChI=1S/C13H13ClN4O2/c1-18(2)11-7-10(14)16-12(17-11)8-5-3-4-6-9(8)15-13(19)20/h3-7,15H,1-2H3,(H,19,20)/p-1. The van der Waals surface area contributed by atoms with Crippen molar-refractivity contribution in [3.05, 3.63) is 35.5 Å². The Balaban J connectivity index is 2.53. The first-order chi connectivity index (χ1) is 9.47. The molecule has 1 aromatic heterocycles. The molecule has 1 aromatic carbocycles. The van der Waals surface area contributed by atoms with Gasteiger partial charge in [0.2, 0.25) is 0 Å². The van der Waals surface area contributed by atoms with Gasteiger partial charge in [0.05, 0.1) is 5.69 Å². The molecule has 1 heterocycles. The highest BCUT2D eigenvalue weighted by Gasteiger charge is 2.11. The predicted molar refractivity (Wildman–Crippen MR) is 75.8 cm³/mol. The fraction of sp³-hybridized carbons (Fsp3) is 0.154. The molecule has 0 radical (unpaired) electrons. The number of nitrogens with zero attached hydrogens (tertiary/aromatic N) is 3. The van der Waals surface area contributed by atoms with Crippen molar-refractivity contribution in [3.8, 4) is 11.4 Å². The summed E-state index contributed by atoms with van der Waals surface area (Å²) in [5, 5.41) is 13.2. The van der Waals surface area contributed by atoms with E-state index in [-0.39, 0.29) is 5.15 Å². The quantitative estimate of drug-likeness (QED) is 0.869. The zero-order valence-electron chi connectivity index (χ0n) is 10.9. The number of anilines is 2. The molecule has 0 aliphatic heterocycles. The number of carbonyl (C=O) groups excluding carboxylic acids is 1. The number of hydrogen-bond acceptors (Lipinski definition) is 5. The molecule has 0 fully saturated rings. The SMILES string of the molecule is CN(C)c1cc(Cl)nc(-c2ccccc2NC(=O)[O-])n1. The Kier molecular flexibility index (Phi) is 4.05. The van der Waals surface area contributed by atoms with Crippen LogP contribution in [-0.2, 0) is 0 Å². The lowest BCUT2D eigenvalue weighted by Gasteiger charge is -2.15. The normalized spacial score (nSPS) is 10.2. The average Bonchev–Trinajstić information content (AvgIpc) is 2.37. The van der Waals surface area contributed by atoms with Crippen molar-refractivity contribution >= 4 is 29.2 Å². The molecule has 0 saturated carbocycles. The van der Waals surface area contributed by atoms with Gasteiger partial charge in [0, 0.05) is 25.7 Å². The summed E-state index contributed by atoms with van der Waals surface area (Å²) in [6, 6.07) is 8.39. The van der Waals surface area contributed by atoms with Crippen molar-refractivity contribution < 1.29 is 9.90 Å². The number of amides is 1. The first kappa shape index (κ1) is 14.1. The van der Waals surface area contributed by atoms with Gasteiger partial charge in [-0.15, -0.1) is 0 Å². The molecule has 0 aliphatic rings. The van der Waals surface area contributed by atoms with E-state index in [1.165, 1.54) is 0 Å². The first-order valence-electron chi connectivity index (χ1n) is 5.76. The van der Waals surface area contributed by atoms with E-state index in [9.17, 15) is 9.90 Å². The molecule has 104 valence electrons. The molecule has 0 unspecified atom stereocenters. The number of hydrogen-bond donors (Lipinski definition) is 1. The van der Waals surface area contributed by atoms with Crippen LogP contribution >= 0.6 is 11.6 Å². The zero-order valence-corrected chi connectivity index (χ0v) is 11.7. The average molecular weight is 292 g/mol. The van der Waals surface area contributed by atoms with Gasteiger partial charge in [0.25, 0.3) is 0 Å². The van der Waals surface area contributed by atoms with E-state index in [2.05, 4.69) is 15.3 Å². The molecule has 1 amide bonds. The Morgan fingerprint density at radius 3 is 2.65 bits per heavy atom. The van der Waals surface area contributed by atoms with Crippen molar-refractivity contribution in [2.45, 2.75) is 0 Å². The van der Waals surface area contributed by atoms with Crippen LogP contribution in [0.3, 0.4) is 0 Å². The summed E-state index contributed by atoms with van der Waals surface area (Å²) in [5.41, 5.74) is 0.877. The monoisotopic (exact) mass is 291 g/mol. The van der Waals surface area contributed by atoms with Crippen LogP contribution in [-0.4, -0.2) is 30.2 Å². The Morgan fingerprint density at radius 2 is 2.00 bits per heavy atom. The van der Waals surface area contributed by atoms with Crippen LogP contribution in [0.5, 0.6) is 0 Å². The number of nitrogens with one attached hydrogen (secondary N) is 1. The van der Waals surface area contributed by atoms with E-state index >= 15 is 0 Å². The lowest BCUT2D eigenvalue weighted by molar-refractivity contribution is -0.242. The third-order valence-corrected chi connectivity index (χ3v) is 2.74. The van der Waals surface area contributed by atoms with E-state index in [1.54, 1.807) is 35.2 Å². The van der Waals surface area contributed by atoms with Gasteiger partial charge < -0.3 is 20.1 Å². The fourth-order valence-electron chi connectivity index (χ4n) is 1.65. The van der Waals surface area contributed by atoms with Crippen molar-refractivity contribution in [1.82, 2.24) is 9.97 Å². The van der Waals surface area contributed by atoms with E-state index in [0.29, 0.717) is 22.9 Å². The van der Waals surface area contributed by atoms with Crippen molar-refractivity contribution in [2.24, 2.45) is 0 Å². The first-order valence-corrected chi connectivity index (χ1v) is 6.14. The van der Waals surface area contributed by atoms with Gasteiger partial charge in [-0.05, 0) is 12.1 Å². The minimum Gasteiger partial charge on any atom is -0.530 e. The van der Waals surface area contributed by atoms with Crippen LogP contribution in [0.2, 0.25) is 5.15 Å². The lowest BCUT2D eigenvalue weighted by Crippen LogP contribution is -2.29. The second-order valence-electron chi connectivity index (χ2n) is 4.22. The molecule has 0 spiro atoms. The minimum absolute atomic E-state index is 0.280. The summed E-state index contributed by atoms with van der Waals surface area (Å²) in [7, 11) is 3.65. The summed E-state index contributed by atoms with van der Waals surface area (Å²) in [4.78, 5) is 21.0. The van der Waals surface area contributed by atoms with E-state index in [0.717, 1.165) is 0 Å². The molecule has 1 N–H and O–H groups in total. The molecule has 0 saturated heterocycles. The van der Waals surface area contributed by atoms with Gasteiger partial charge in [-0.2, -0.15) is 0 Å². The highest BCUT2D eigenvalue weighted by Crippen LogP contribution is 2.27. The number of para-hydroxylation sites is 1. The van der Waals surface area contributed by atoms with Gasteiger partial charge in [-0.25, -0.2) is 9.97 Å². The van der Waals surface area contributed by atoms with E-state index in [4.69, 9.17) is 11.6 Å². The third-order valence-electron chi connectivity index (χ3n) is 2.54. The maximum atomic E-state index is 10.7. The Hall–Kier alpha value is -2.34. The van der Waals surface area contributed by atoms with Crippen LogP contribution in [0.15, 0.2) is 30.3 Å². The van der Waals surface area contributed by atoms with Crippen LogP contribution in [0.4, 0.5) is 16.3 Å². The van der Waals surface area contributed by atoms with E-state index < -0.39 is 6.09 Å². The molecular weight excluding hydrogens is 280 g/mol. The van der Waals surface area contributed by atoms with Crippen molar-refractivity contribution in [1.29, 1.82) is 0 Å². The molecule has 0 aliphatic carbocycles. The van der Waals surface area contributed by atoms with E-state index in [1.807, 2.05) is 14.1 Å². The maximum absolute atomic E-state index is 10.7.